The number of nitrogens with zero attached hydrogens (tertiary/aromatic N) is 2. The van der Waals surface area contributed by atoms with E-state index in [4.69, 9.17) is 9.84 Å². The van der Waals surface area contributed by atoms with Crippen LogP contribution in [-0.4, -0.2) is 47.3 Å². The molecule has 0 radical (unpaired) electrons. The van der Waals surface area contributed by atoms with Crippen LogP contribution in [0.5, 0.6) is 5.75 Å². The number of anilines is 1. The van der Waals surface area contributed by atoms with Crippen LogP contribution >= 0.6 is 0 Å². The summed E-state index contributed by atoms with van der Waals surface area (Å²) in [5.74, 6) is 0.822. The molecular weight excluding hydrogens is 350 g/mol. The maximum absolute atomic E-state index is 8.93. The van der Waals surface area contributed by atoms with E-state index < -0.39 is 0 Å². The van der Waals surface area contributed by atoms with Crippen molar-refractivity contribution in [3.8, 4) is 5.75 Å². The molecule has 4 rings (SSSR count). The summed E-state index contributed by atoms with van der Waals surface area (Å²) in [6, 6.07) is 17.0. The van der Waals surface area contributed by atoms with E-state index in [-0.39, 0.29) is 6.61 Å². The van der Waals surface area contributed by atoms with Gasteiger partial charge in [-0.25, -0.2) is 0 Å². The van der Waals surface area contributed by atoms with Gasteiger partial charge in [0.05, 0.1) is 6.61 Å². The third kappa shape index (κ3) is 4.61. The first kappa shape index (κ1) is 18.7. The fourth-order valence-corrected chi connectivity index (χ4v) is 3.94. The number of benzene rings is 2. The van der Waals surface area contributed by atoms with Gasteiger partial charge in [0.1, 0.15) is 12.4 Å². The largest absolute Gasteiger partial charge is 0.491 e. The molecule has 0 spiro atoms. The van der Waals surface area contributed by atoms with Crippen molar-refractivity contribution in [1.29, 1.82) is 0 Å². The number of nitrogens with one attached hydrogen (secondary N) is 1. The van der Waals surface area contributed by atoms with Crippen molar-refractivity contribution < 1.29 is 9.84 Å². The van der Waals surface area contributed by atoms with Gasteiger partial charge in [0.25, 0.3) is 0 Å². The van der Waals surface area contributed by atoms with Crippen molar-refractivity contribution in [2.24, 2.45) is 0 Å². The lowest BCUT2D eigenvalue weighted by molar-refractivity contribution is 0.199. The van der Waals surface area contributed by atoms with Gasteiger partial charge in [0.15, 0.2) is 0 Å². The zero-order valence-corrected chi connectivity index (χ0v) is 16.1. The minimum atomic E-state index is 0.0356. The molecule has 0 unspecified atom stereocenters. The van der Waals surface area contributed by atoms with Crippen LogP contribution in [0.1, 0.15) is 18.4 Å². The molecule has 1 aliphatic heterocycles. The van der Waals surface area contributed by atoms with Gasteiger partial charge in [-0.2, -0.15) is 0 Å². The molecule has 5 heteroatoms. The van der Waals surface area contributed by atoms with Crippen molar-refractivity contribution in [2.45, 2.75) is 25.4 Å². The van der Waals surface area contributed by atoms with Gasteiger partial charge >= 0.3 is 0 Å². The number of piperidine rings is 1. The lowest BCUT2D eigenvalue weighted by Crippen LogP contribution is -2.41. The van der Waals surface area contributed by atoms with Crippen LogP contribution in [-0.2, 0) is 6.54 Å². The average Bonchev–Trinajstić information content (AvgIpc) is 2.73. The number of hydrogen-bond donors (Lipinski definition) is 2. The molecule has 0 aliphatic carbocycles. The monoisotopic (exact) mass is 377 g/mol. The van der Waals surface area contributed by atoms with Crippen LogP contribution < -0.4 is 10.1 Å². The molecule has 2 N–H and O–H groups in total. The molecule has 1 aromatic heterocycles. The summed E-state index contributed by atoms with van der Waals surface area (Å²) in [5, 5.41) is 15.1. The highest BCUT2D eigenvalue weighted by Crippen LogP contribution is 2.25. The smallest absolute Gasteiger partial charge is 0.119 e. The summed E-state index contributed by atoms with van der Waals surface area (Å²) >= 11 is 0. The first-order chi connectivity index (χ1) is 13.8. The van der Waals surface area contributed by atoms with Gasteiger partial charge in [-0.1, -0.05) is 24.3 Å². The third-order valence-electron chi connectivity index (χ3n) is 5.21. The first-order valence-electron chi connectivity index (χ1n) is 9.96. The molecule has 28 heavy (non-hydrogen) atoms. The van der Waals surface area contributed by atoms with E-state index in [1.807, 2.05) is 24.5 Å². The molecule has 0 bridgehead atoms. The predicted molar refractivity (Wildman–Crippen MR) is 113 cm³/mol. The number of hydrogen-bond acceptors (Lipinski definition) is 5. The number of ether oxygens (including phenoxy) is 1. The van der Waals surface area contributed by atoms with Crippen LogP contribution in [0.2, 0.25) is 0 Å². The van der Waals surface area contributed by atoms with E-state index in [1.165, 1.54) is 34.9 Å². The standard InChI is InChI=1S/C23H27N3O2/c27-12-13-28-21-7-1-4-18(14-21)16-26-11-3-6-20(17-26)25-23-8-2-5-19-15-24-10-9-22(19)23/h1-2,4-5,7-10,14-15,20,25,27H,3,6,11-13,16-17H2/t20-/m0/s1. The Kier molecular flexibility index (Phi) is 6.04. The highest BCUT2D eigenvalue weighted by atomic mass is 16.5. The number of aliphatic hydroxyl groups is 1. The van der Waals surface area contributed by atoms with Gasteiger partial charge in [0, 0.05) is 48.0 Å². The Bertz CT molecular complexity index is 910. The highest BCUT2D eigenvalue weighted by molar-refractivity contribution is 5.93. The van der Waals surface area contributed by atoms with Gasteiger partial charge in [0.2, 0.25) is 0 Å². The minimum Gasteiger partial charge on any atom is -0.491 e. The number of aromatic nitrogens is 1. The molecule has 1 fully saturated rings. The molecule has 1 aliphatic rings. The van der Waals surface area contributed by atoms with Crippen molar-refractivity contribution >= 4 is 16.5 Å². The number of likely N-dealkylation sites (tertiary alicyclic amines) is 1. The van der Waals surface area contributed by atoms with E-state index in [2.05, 4.69) is 51.6 Å². The predicted octanol–water partition coefficient (Wildman–Crippen LogP) is 3.68. The average molecular weight is 377 g/mol. The molecule has 3 aromatic rings. The molecular formula is C23H27N3O2. The number of fused-ring (bicyclic) bond motifs is 1. The summed E-state index contributed by atoms with van der Waals surface area (Å²) in [5.41, 5.74) is 2.43. The number of pyridine rings is 1. The van der Waals surface area contributed by atoms with Crippen LogP contribution in [0, 0.1) is 0 Å². The van der Waals surface area contributed by atoms with Gasteiger partial charge in [-0.15, -0.1) is 0 Å². The van der Waals surface area contributed by atoms with Crippen molar-refractivity contribution in [1.82, 2.24) is 9.88 Å². The van der Waals surface area contributed by atoms with Gasteiger partial charge < -0.3 is 15.2 Å². The Hall–Kier alpha value is -2.63. The first-order valence-corrected chi connectivity index (χ1v) is 9.96. The molecule has 2 aromatic carbocycles. The zero-order valence-electron chi connectivity index (χ0n) is 16.1. The Balaban J connectivity index is 1.40. The van der Waals surface area contributed by atoms with Crippen molar-refractivity contribution in [3.63, 3.8) is 0 Å². The zero-order chi connectivity index (χ0) is 19.2. The molecule has 1 atom stereocenters. The lowest BCUT2D eigenvalue weighted by Gasteiger charge is -2.34. The second-order valence-electron chi connectivity index (χ2n) is 7.34. The van der Waals surface area contributed by atoms with Crippen molar-refractivity contribution in [2.75, 3.05) is 31.6 Å². The second kappa shape index (κ2) is 9.04. The fraction of sp³-hybridized carbons (Fsp3) is 0.348. The van der Waals surface area contributed by atoms with Crippen LogP contribution in [0.4, 0.5) is 5.69 Å². The second-order valence-corrected chi connectivity index (χ2v) is 7.34. The molecule has 2 heterocycles. The van der Waals surface area contributed by atoms with Crippen LogP contribution in [0.15, 0.2) is 60.9 Å². The SMILES string of the molecule is OCCOc1cccc(CN2CCC[C@H](Nc3cccc4cnccc34)C2)c1. The quantitative estimate of drug-likeness (QED) is 0.658. The van der Waals surface area contributed by atoms with E-state index in [0.29, 0.717) is 12.6 Å². The third-order valence-corrected chi connectivity index (χ3v) is 5.21. The number of aliphatic hydroxyl groups excluding tert-OH is 1. The van der Waals surface area contributed by atoms with E-state index in [0.717, 1.165) is 25.4 Å². The molecule has 5 nitrogen and oxygen atoms in total. The maximum atomic E-state index is 8.93. The molecule has 0 amide bonds. The number of rotatable bonds is 7. The Morgan fingerprint density at radius 3 is 3.04 bits per heavy atom. The molecule has 0 saturated carbocycles. The van der Waals surface area contributed by atoms with E-state index in [1.54, 1.807) is 0 Å². The topological polar surface area (TPSA) is 57.6 Å². The normalized spacial score (nSPS) is 17.5. The molecule has 1 saturated heterocycles. The Morgan fingerprint density at radius 1 is 1.18 bits per heavy atom. The van der Waals surface area contributed by atoms with E-state index >= 15 is 0 Å². The summed E-state index contributed by atoms with van der Waals surface area (Å²) in [7, 11) is 0. The van der Waals surface area contributed by atoms with E-state index in [9.17, 15) is 0 Å². The minimum absolute atomic E-state index is 0.0356. The summed E-state index contributed by atoms with van der Waals surface area (Å²) < 4.78 is 5.54. The highest BCUT2D eigenvalue weighted by Gasteiger charge is 2.20. The van der Waals surface area contributed by atoms with Gasteiger partial charge in [-0.05, 0) is 49.2 Å². The maximum Gasteiger partial charge on any atom is 0.119 e. The Labute approximate surface area is 166 Å². The Morgan fingerprint density at radius 2 is 2.11 bits per heavy atom. The van der Waals surface area contributed by atoms with Crippen LogP contribution in [0.25, 0.3) is 10.8 Å². The van der Waals surface area contributed by atoms with Gasteiger partial charge in [-0.3, -0.25) is 9.88 Å². The fourth-order valence-electron chi connectivity index (χ4n) is 3.94. The summed E-state index contributed by atoms with van der Waals surface area (Å²) in [6.45, 7) is 3.41. The van der Waals surface area contributed by atoms with Crippen molar-refractivity contribution in [3.05, 3.63) is 66.5 Å². The molecule has 146 valence electrons. The summed E-state index contributed by atoms with van der Waals surface area (Å²) in [6.07, 6.45) is 6.13. The van der Waals surface area contributed by atoms with Crippen LogP contribution in [0.3, 0.4) is 0 Å². The summed E-state index contributed by atoms with van der Waals surface area (Å²) in [4.78, 5) is 6.72. The lowest BCUT2D eigenvalue weighted by atomic mass is 10.0.